The number of thiazole rings is 1. The number of amides is 2. The summed E-state index contributed by atoms with van der Waals surface area (Å²) in [6.45, 7) is 9.51. The van der Waals surface area contributed by atoms with E-state index in [-0.39, 0.29) is 24.5 Å². The molecule has 2 heterocycles. The average Bonchev–Trinajstić information content (AvgIpc) is 3.50. The van der Waals surface area contributed by atoms with Gasteiger partial charge in [-0.25, -0.2) is 9.67 Å². The summed E-state index contributed by atoms with van der Waals surface area (Å²) in [6, 6.07) is 9.60. The Morgan fingerprint density at radius 1 is 1.30 bits per heavy atom. The van der Waals surface area contributed by atoms with Crippen LogP contribution in [-0.4, -0.2) is 56.5 Å². The van der Waals surface area contributed by atoms with Gasteiger partial charge in [-0.3, -0.25) is 9.59 Å². The molecule has 3 aromatic rings. The number of nitrogens with two attached hydrogens (primary N) is 1. The molecule has 0 aliphatic heterocycles. The molecule has 1 aromatic carbocycles. The Hall–Kier alpha value is -3.96. The topological polar surface area (TPSA) is 142 Å². The quantitative estimate of drug-likeness (QED) is 0.262. The van der Waals surface area contributed by atoms with Crippen LogP contribution in [0.5, 0.6) is 5.88 Å². The van der Waals surface area contributed by atoms with Gasteiger partial charge in [-0.05, 0) is 52.0 Å². The summed E-state index contributed by atoms with van der Waals surface area (Å²) >= 11 is 1.23. The maximum atomic E-state index is 12.8. The maximum Gasteiger partial charge on any atom is 0.264 e. The van der Waals surface area contributed by atoms with Crippen molar-refractivity contribution >= 4 is 35.4 Å². The smallest absolute Gasteiger partial charge is 0.264 e. The maximum absolute atomic E-state index is 12.8. The Morgan fingerprint density at radius 2 is 2.02 bits per heavy atom. The molecule has 4 N–H and O–H groups in total. The van der Waals surface area contributed by atoms with Crippen LogP contribution in [0.3, 0.4) is 0 Å². The van der Waals surface area contributed by atoms with Crippen molar-refractivity contribution in [2.75, 3.05) is 13.2 Å². The van der Waals surface area contributed by atoms with Gasteiger partial charge in [0.15, 0.2) is 4.88 Å². The number of nitrogens with one attached hydrogen (secondary N) is 1. The molecule has 0 atom stereocenters. The fourth-order valence-corrected chi connectivity index (χ4v) is 5.11. The van der Waals surface area contributed by atoms with Crippen LogP contribution in [0, 0.1) is 5.92 Å². The standard InChI is InChI=1S/C29H35N5O5S/c1-5-23-22(15-32-34(23)16-18(2)38-17-29(3,4)37)26(36)31-12-11-19-13-21(14-19)39-27-24(25(30)35)40-28(33-27)20-9-7-6-8-10-20/h5-10,15-16,19,21,37H,1,11-14,17H2,2-4H3,(H2,30,35)(H,31,36)/b18-16+. The monoisotopic (exact) mass is 565 g/mol. The van der Waals surface area contributed by atoms with Crippen LogP contribution in [0.25, 0.3) is 22.8 Å². The predicted molar refractivity (Wildman–Crippen MR) is 155 cm³/mol. The van der Waals surface area contributed by atoms with Crippen molar-refractivity contribution in [3.63, 3.8) is 0 Å². The molecule has 2 aromatic heterocycles. The molecular weight excluding hydrogens is 530 g/mol. The molecule has 11 heteroatoms. The Balaban J connectivity index is 1.26. The van der Waals surface area contributed by atoms with E-state index in [0.717, 1.165) is 24.8 Å². The molecule has 2 amide bonds. The fraction of sp³-hybridized carbons (Fsp3) is 0.379. The number of aliphatic hydroxyl groups is 1. The van der Waals surface area contributed by atoms with Crippen LogP contribution < -0.4 is 15.8 Å². The van der Waals surface area contributed by atoms with E-state index in [4.69, 9.17) is 15.2 Å². The summed E-state index contributed by atoms with van der Waals surface area (Å²) in [7, 11) is 0. The van der Waals surface area contributed by atoms with Crippen molar-refractivity contribution in [2.24, 2.45) is 11.7 Å². The van der Waals surface area contributed by atoms with Gasteiger partial charge in [0.1, 0.15) is 23.5 Å². The number of ether oxygens (including phenoxy) is 2. The van der Waals surface area contributed by atoms with E-state index in [1.54, 1.807) is 33.0 Å². The average molecular weight is 566 g/mol. The minimum Gasteiger partial charge on any atom is -0.494 e. The molecule has 0 spiro atoms. The van der Waals surface area contributed by atoms with Crippen molar-refractivity contribution in [3.05, 3.63) is 65.0 Å². The highest BCUT2D eigenvalue weighted by molar-refractivity contribution is 7.17. The number of rotatable bonds is 13. The van der Waals surface area contributed by atoms with Crippen LogP contribution in [0.2, 0.25) is 0 Å². The van der Waals surface area contributed by atoms with E-state index in [1.807, 2.05) is 30.3 Å². The second kappa shape index (κ2) is 12.5. The highest BCUT2D eigenvalue weighted by Gasteiger charge is 2.32. The number of hydrogen-bond acceptors (Lipinski definition) is 8. The number of carbonyl (C=O) groups is 2. The van der Waals surface area contributed by atoms with E-state index < -0.39 is 11.5 Å². The summed E-state index contributed by atoms with van der Waals surface area (Å²) < 4.78 is 13.1. The largest absolute Gasteiger partial charge is 0.494 e. The zero-order valence-corrected chi connectivity index (χ0v) is 23.7. The van der Waals surface area contributed by atoms with E-state index in [9.17, 15) is 14.7 Å². The Labute approximate surface area is 237 Å². The van der Waals surface area contributed by atoms with Gasteiger partial charge in [0.05, 0.1) is 29.3 Å². The van der Waals surface area contributed by atoms with Gasteiger partial charge in [-0.1, -0.05) is 36.9 Å². The third-order valence-electron chi connectivity index (χ3n) is 6.38. The molecule has 0 unspecified atom stereocenters. The van der Waals surface area contributed by atoms with Gasteiger partial charge in [0, 0.05) is 12.1 Å². The highest BCUT2D eigenvalue weighted by Crippen LogP contribution is 2.37. The lowest BCUT2D eigenvalue weighted by Gasteiger charge is -2.35. The number of primary amides is 1. The first-order valence-corrected chi connectivity index (χ1v) is 13.9. The fourth-order valence-electron chi connectivity index (χ4n) is 4.25. The molecule has 0 bridgehead atoms. The Bertz CT molecular complexity index is 1380. The third kappa shape index (κ3) is 7.36. The van der Waals surface area contributed by atoms with Crippen molar-refractivity contribution in [1.29, 1.82) is 0 Å². The Morgan fingerprint density at radius 3 is 2.67 bits per heavy atom. The zero-order valence-electron chi connectivity index (χ0n) is 22.9. The zero-order chi connectivity index (χ0) is 28.9. The second-order valence-corrected chi connectivity index (χ2v) is 11.4. The molecule has 1 saturated carbocycles. The van der Waals surface area contributed by atoms with Gasteiger partial charge in [-0.15, -0.1) is 11.3 Å². The van der Waals surface area contributed by atoms with Crippen molar-refractivity contribution in [1.82, 2.24) is 20.1 Å². The van der Waals surface area contributed by atoms with E-state index in [2.05, 4.69) is 22.0 Å². The van der Waals surface area contributed by atoms with Crippen molar-refractivity contribution in [3.8, 4) is 16.5 Å². The SMILES string of the molecule is C=Cc1c(C(=O)NCCC2CC(Oc3nc(-c4ccccc4)sc3C(N)=O)C2)cnn1/C=C(\C)OCC(C)(C)O. The minimum atomic E-state index is -0.961. The van der Waals surface area contributed by atoms with Gasteiger partial charge < -0.3 is 25.6 Å². The normalized spacial score (nSPS) is 17.1. The number of hydrogen-bond donors (Lipinski definition) is 3. The first kappa shape index (κ1) is 29.0. The molecule has 40 heavy (non-hydrogen) atoms. The number of aromatic nitrogens is 3. The van der Waals surface area contributed by atoms with Crippen LogP contribution in [0.1, 0.15) is 65.8 Å². The lowest BCUT2D eigenvalue weighted by Crippen LogP contribution is -2.36. The number of allylic oxidation sites excluding steroid dienone is 1. The second-order valence-electron chi connectivity index (χ2n) is 10.4. The molecule has 10 nitrogen and oxygen atoms in total. The molecule has 0 radical (unpaired) electrons. The molecule has 1 aliphatic rings. The highest BCUT2D eigenvalue weighted by atomic mass is 32.1. The lowest BCUT2D eigenvalue weighted by atomic mass is 9.80. The summed E-state index contributed by atoms with van der Waals surface area (Å²) in [6.07, 6.45) is 7.05. The number of benzene rings is 1. The molecule has 212 valence electrons. The van der Waals surface area contributed by atoms with Crippen LogP contribution >= 0.6 is 11.3 Å². The molecule has 1 aliphatic carbocycles. The van der Waals surface area contributed by atoms with Crippen molar-refractivity contribution in [2.45, 2.75) is 51.7 Å². The van der Waals surface area contributed by atoms with Gasteiger partial charge in [0.2, 0.25) is 5.88 Å². The molecule has 4 rings (SSSR count). The summed E-state index contributed by atoms with van der Waals surface area (Å²) in [5.74, 6) is 0.423. The van der Waals surface area contributed by atoms with Gasteiger partial charge >= 0.3 is 0 Å². The first-order chi connectivity index (χ1) is 19.0. The third-order valence-corrected chi connectivity index (χ3v) is 7.48. The molecular formula is C29H35N5O5S. The van der Waals surface area contributed by atoms with E-state index in [0.29, 0.717) is 39.4 Å². The first-order valence-electron chi connectivity index (χ1n) is 13.1. The Kier molecular flexibility index (Phi) is 9.06. The minimum absolute atomic E-state index is 0.0521. The van der Waals surface area contributed by atoms with Crippen molar-refractivity contribution < 1.29 is 24.2 Å². The van der Waals surface area contributed by atoms with Gasteiger partial charge in [0.25, 0.3) is 11.8 Å². The predicted octanol–water partition coefficient (Wildman–Crippen LogP) is 4.33. The molecule has 0 saturated heterocycles. The summed E-state index contributed by atoms with van der Waals surface area (Å²) in [4.78, 5) is 29.6. The number of nitrogens with zero attached hydrogens (tertiary/aromatic N) is 3. The number of carbonyl (C=O) groups excluding carboxylic acids is 2. The summed E-state index contributed by atoms with van der Waals surface area (Å²) in [5.41, 5.74) is 6.47. The molecule has 1 fully saturated rings. The van der Waals surface area contributed by atoms with Gasteiger partial charge in [-0.2, -0.15) is 5.10 Å². The van der Waals surface area contributed by atoms with E-state index in [1.165, 1.54) is 22.2 Å². The van der Waals surface area contributed by atoms with Crippen LogP contribution in [0.15, 0.2) is 48.9 Å². The lowest BCUT2D eigenvalue weighted by molar-refractivity contribution is 0.00395. The summed E-state index contributed by atoms with van der Waals surface area (Å²) in [5, 5.41) is 17.7. The van der Waals surface area contributed by atoms with Crippen LogP contribution in [-0.2, 0) is 4.74 Å². The van der Waals surface area contributed by atoms with Crippen LogP contribution in [0.4, 0.5) is 0 Å². The van der Waals surface area contributed by atoms with E-state index >= 15 is 0 Å².